The van der Waals surface area contributed by atoms with Gasteiger partial charge in [-0.05, 0) is 36.2 Å². The number of carbonyl (C=O) groups excluding carboxylic acids is 1. The van der Waals surface area contributed by atoms with Crippen molar-refractivity contribution in [3.05, 3.63) is 65.2 Å². The maximum Gasteiger partial charge on any atom is 0.263 e. The number of benzene rings is 2. The second-order valence-electron chi connectivity index (χ2n) is 9.53. The zero-order valence-corrected chi connectivity index (χ0v) is 21.5. The summed E-state index contributed by atoms with van der Waals surface area (Å²) in [5, 5.41) is 3.03. The monoisotopic (exact) mass is 497 g/mol. The van der Waals surface area contributed by atoms with Crippen LogP contribution in [-0.2, 0) is 27.9 Å². The Balaban J connectivity index is 1.44. The van der Waals surface area contributed by atoms with Gasteiger partial charge in [0, 0.05) is 44.8 Å². The smallest absolute Gasteiger partial charge is 0.263 e. The van der Waals surface area contributed by atoms with Crippen LogP contribution in [-0.4, -0.2) is 69.2 Å². The summed E-state index contributed by atoms with van der Waals surface area (Å²) in [7, 11) is -1.50. The summed E-state index contributed by atoms with van der Waals surface area (Å²) in [6, 6.07) is 14.3. The highest BCUT2D eigenvalue weighted by molar-refractivity contribution is 7.90. The first-order chi connectivity index (χ1) is 16.8. The van der Waals surface area contributed by atoms with Gasteiger partial charge in [-0.1, -0.05) is 56.7 Å². The van der Waals surface area contributed by atoms with Crippen molar-refractivity contribution in [2.45, 2.75) is 44.3 Å². The molecule has 1 amide bonds. The average molecular weight is 498 g/mol. The molecule has 2 heterocycles. The van der Waals surface area contributed by atoms with E-state index in [0.717, 1.165) is 44.7 Å². The summed E-state index contributed by atoms with van der Waals surface area (Å²) < 4.78 is 27.4. The van der Waals surface area contributed by atoms with E-state index in [0.29, 0.717) is 12.1 Å². The lowest BCUT2D eigenvalue weighted by molar-refractivity contribution is -0.123. The van der Waals surface area contributed by atoms with Gasteiger partial charge in [-0.3, -0.25) is 19.4 Å². The number of sulfonamides is 1. The van der Waals surface area contributed by atoms with Crippen LogP contribution in [0.2, 0.25) is 0 Å². The SMILES string of the molecule is CC[C@H](C)[C@H](N=C1NS(=O)(=O)c2ccccc21)C(=O)NCc1cccc(CN2CCN(C)CC2)c1. The summed E-state index contributed by atoms with van der Waals surface area (Å²) >= 11 is 0. The molecule has 1 saturated heterocycles. The van der Waals surface area contributed by atoms with Gasteiger partial charge < -0.3 is 10.2 Å². The molecule has 35 heavy (non-hydrogen) atoms. The molecule has 0 unspecified atom stereocenters. The number of fused-ring (bicyclic) bond motifs is 1. The number of aliphatic imine (C=N–C) groups is 1. The zero-order valence-electron chi connectivity index (χ0n) is 20.7. The number of nitrogens with one attached hydrogen (secondary N) is 2. The molecule has 2 aliphatic heterocycles. The summed E-state index contributed by atoms with van der Waals surface area (Å²) in [6.45, 7) is 9.53. The van der Waals surface area contributed by atoms with Crippen LogP contribution in [0, 0.1) is 5.92 Å². The van der Waals surface area contributed by atoms with Gasteiger partial charge in [0.05, 0.1) is 4.90 Å². The third-order valence-electron chi connectivity index (χ3n) is 6.84. The van der Waals surface area contributed by atoms with Crippen molar-refractivity contribution in [1.29, 1.82) is 0 Å². The molecule has 188 valence electrons. The van der Waals surface area contributed by atoms with Gasteiger partial charge in [0.25, 0.3) is 10.0 Å². The van der Waals surface area contributed by atoms with Crippen LogP contribution in [0.25, 0.3) is 0 Å². The van der Waals surface area contributed by atoms with E-state index >= 15 is 0 Å². The lowest BCUT2D eigenvalue weighted by Crippen LogP contribution is -2.43. The molecule has 8 nitrogen and oxygen atoms in total. The number of hydrogen-bond donors (Lipinski definition) is 2. The minimum Gasteiger partial charge on any atom is -0.350 e. The minimum atomic E-state index is -3.65. The van der Waals surface area contributed by atoms with Crippen LogP contribution in [0.5, 0.6) is 0 Å². The number of hydrogen-bond acceptors (Lipinski definition) is 6. The second kappa shape index (κ2) is 10.9. The first-order valence-corrected chi connectivity index (χ1v) is 13.7. The standard InChI is InChI=1S/C26H35N5O3S/c1-4-19(2)24(28-25-22-10-5-6-11-23(22)35(33,34)29-25)26(32)27-17-20-8-7-9-21(16-20)18-31-14-12-30(3)13-15-31/h5-11,16,19,24H,4,12-15,17-18H2,1-3H3,(H,27,32)(H,28,29)/t19-,24-/m0/s1. The number of likely N-dealkylation sites (N-methyl/N-ethyl adjacent to an activating group) is 1. The van der Waals surface area contributed by atoms with E-state index in [1.807, 2.05) is 26.0 Å². The van der Waals surface area contributed by atoms with Gasteiger partial charge in [0.15, 0.2) is 0 Å². The number of carbonyl (C=O) groups is 1. The molecule has 2 aliphatic rings. The van der Waals surface area contributed by atoms with Crippen LogP contribution in [0.4, 0.5) is 0 Å². The molecule has 0 saturated carbocycles. The van der Waals surface area contributed by atoms with Crippen molar-refractivity contribution >= 4 is 21.8 Å². The van der Waals surface area contributed by atoms with Crippen molar-refractivity contribution in [2.24, 2.45) is 10.9 Å². The Morgan fingerprint density at radius 1 is 1.09 bits per heavy atom. The third kappa shape index (κ3) is 6.09. The predicted octanol–water partition coefficient (Wildman–Crippen LogP) is 2.20. The number of piperazine rings is 1. The van der Waals surface area contributed by atoms with Crippen LogP contribution < -0.4 is 10.0 Å². The molecule has 2 atom stereocenters. The lowest BCUT2D eigenvalue weighted by Gasteiger charge is -2.32. The minimum absolute atomic E-state index is 0.0525. The molecule has 0 spiro atoms. The van der Waals surface area contributed by atoms with E-state index in [4.69, 9.17) is 0 Å². The van der Waals surface area contributed by atoms with Crippen molar-refractivity contribution in [1.82, 2.24) is 19.8 Å². The number of amides is 1. The molecule has 0 bridgehead atoms. The maximum absolute atomic E-state index is 13.2. The average Bonchev–Trinajstić information content (AvgIpc) is 3.12. The van der Waals surface area contributed by atoms with Gasteiger partial charge in [0.2, 0.25) is 5.91 Å². The topological polar surface area (TPSA) is 94.1 Å². The highest BCUT2D eigenvalue weighted by Crippen LogP contribution is 2.24. The second-order valence-corrected chi connectivity index (χ2v) is 11.2. The number of rotatable bonds is 8. The van der Waals surface area contributed by atoms with E-state index in [2.05, 4.69) is 44.0 Å². The van der Waals surface area contributed by atoms with Crippen molar-refractivity contribution in [3.8, 4) is 0 Å². The van der Waals surface area contributed by atoms with Crippen LogP contribution in [0.1, 0.15) is 37.0 Å². The fraction of sp³-hybridized carbons (Fsp3) is 0.462. The van der Waals surface area contributed by atoms with Crippen LogP contribution >= 0.6 is 0 Å². The summed E-state index contributed by atoms with van der Waals surface area (Å²) in [5.74, 6) is -0.0292. The highest BCUT2D eigenvalue weighted by Gasteiger charge is 2.33. The molecule has 9 heteroatoms. The van der Waals surface area contributed by atoms with Crippen molar-refractivity contribution in [3.63, 3.8) is 0 Å². The Kier molecular flexibility index (Phi) is 7.88. The van der Waals surface area contributed by atoms with Gasteiger partial charge in [-0.2, -0.15) is 0 Å². The molecule has 2 N–H and O–H groups in total. The number of amidine groups is 1. The lowest BCUT2D eigenvalue weighted by atomic mass is 9.98. The molecule has 0 radical (unpaired) electrons. The molecular weight excluding hydrogens is 462 g/mol. The van der Waals surface area contributed by atoms with Crippen molar-refractivity contribution in [2.75, 3.05) is 33.2 Å². The maximum atomic E-state index is 13.2. The Bertz CT molecular complexity index is 1190. The molecule has 1 fully saturated rings. The molecule has 2 aromatic carbocycles. The van der Waals surface area contributed by atoms with Gasteiger partial charge in [-0.25, -0.2) is 8.42 Å². The Hall–Kier alpha value is -2.75. The van der Waals surface area contributed by atoms with Gasteiger partial charge >= 0.3 is 0 Å². The first-order valence-electron chi connectivity index (χ1n) is 12.2. The highest BCUT2D eigenvalue weighted by atomic mass is 32.2. The zero-order chi connectivity index (χ0) is 25.0. The summed E-state index contributed by atoms with van der Waals surface area (Å²) in [5.41, 5.74) is 2.77. The molecular formula is C26H35N5O3S. The van der Waals surface area contributed by atoms with E-state index < -0.39 is 16.1 Å². The quantitative estimate of drug-likeness (QED) is 0.583. The Morgan fingerprint density at radius 3 is 2.54 bits per heavy atom. The molecule has 0 aromatic heterocycles. The fourth-order valence-electron chi connectivity index (χ4n) is 4.43. The predicted molar refractivity (Wildman–Crippen MR) is 138 cm³/mol. The van der Waals surface area contributed by atoms with E-state index in [1.54, 1.807) is 24.3 Å². The Morgan fingerprint density at radius 2 is 1.80 bits per heavy atom. The van der Waals surface area contributed by atoms with Gasteiger partial charge in [-0.15, -0.1) is 0 Å². The van der Waals surface area contributed by atoms with E-state index in [-0.39, 0.29) is 22.6 Å². The van der Waals surface area contributed by atoms with Crippen LogP contribution in [0.15, 0.2) is 58.4 Å². The van der Waals surface area contributed by atoms with Crippen LogP contribution in [0.3, 0.4) is 0 Å². The summed E-state index contributed by atoms with van der Waals surface area (Å²) in [4.78, 5) is 22.8. The van der Waals surface area contributed by atoms with E-state index in [1.165, 1.54) is 5.56 Å². The molecule has 0 aliphatic carbocycles. The van der Waals surface area contributed by atoms with E-state index in [9.17, 15) is 13.2 Å². The molecule has 4 rings (SSSR count). The first kappa shape index (κ1) is 25.3. The number of nitrogens with zero attached hydrogens (tertiary/aromatic N) is 3. The normalized spacial score (nSPS) is 20.7. The third-order valence-corrected chi connectivity index (χ3v) is 8.24. The summed E-state index contributed by atoms with van der Waals surface area (Å²) in [6.07, 6.45) is 0.740. The largest absolute Gasteiger partial charge is 0.350 e. The fourth-order valence-corrected chi connectivity index (χ4v) is 5.67. The van der Waals surface area contributed by atoms with Crippen molar-refractivity contribution < 1.29 is 13.2 Å². The Labute approximate surface area is 208 Å². The molecule has 2 aromatic rings. The van der Waals surface area contributed by atoms with Gasteiger partial charge in [0.1, 0.15) is 11.9 Å².